The Labute approximate surface area is 692 Å². The van der Waals surface area contributed by atoms with Crippen LogP contribution in [-0.4, -0.2) is 398 Å². The average molecular weight is 1880 g/mol. The van der Waals surface area contributed by atoms with Gasteiger partial charge >= 0.3 is 71.6 Å². The molecule has 1 fully saturated rings. The molecule has 0 spiro atoms. The number of hydrogen-bond donors (Lipinski definition) is 12. The van der Waals surface area contributed by atoms with Crippen LogP contribution in [0.3, 0.4) is 0 Å². The summed E-state index contributed by atoms with van der Waals surface area (Å²) in [4.78, 5) is 248. The molecule has 0 radical (unpaired) electrons. The minimum Gasteiger partial charge on any atom is -0.756 e. The quantitative estimate of drug-likeness (QED) is 0.0117. The molecule has 1 saturated carbocycles. The molecule has 0 aromatic heterocycles. The number of phosphoric ester groups is 6. The van der Waals surface area contributed by atoms with Gasteiger partial charge in [-0.3, -0.25) is 84.9 Å². The lowest BCUT2D eigenvalue weighted by Gasteiger charge is -2.52. The van der Waals surface area contributed by atoms with Gasteiger partial charge in [0, 0.05) is 41.5 Å². The lowest BCUT2D eigenvalue weighted by molar-refractivity contribution is -0.873. The number of aliphatic carboxylic acids is 6. The number of ether oxygens (including phenoxy) is 6. The molecule has 0 saturated heterocycles. The second-order valence-corrected chi connectivity index (χ2v) is 38.9. The highest BCUT2D eigenvalue weighted by Gasteiger charge is 2.60. The SMILES string of the molecule is CC(=O)O[C@@H](CC(=O)O)C[N+](C)(C)C.CC(=O)O[C@@H](CC(=O)O)C[N+](C)(C)C.CC(=O)O[C@@H](CC(=O)O)C[N+](C)(C)C.CC(=O)O[C@@H](CC(=O)O)C[N+](C)(C)C.CC(=O)O[C@@H](CC(=O)O)C[N+](C)(C)C.CC(=O)O[C@@H](CC(=O)O)C[N+](C)(C)C.O=P([O-])(O)OC1C(OP(=O)([O-])O)C(OP(=O)([O-])O)C(OP(=O)([O-])O)C(OP(=O)([O-])O)C1OP(=O)([O-])O. The van der Waals surface area contributed by atoms with E-state index in [-0.39, 0.29) is 38.5 Å². The molecule has 0 heterocycles. The van der Waals surface area contributed by atoms with E-state index < -0.39 is 192 Å². The second-order valence-electron chi connectivity index (χ2n) is 32.0. The van der Waals surface area contributed by atoms with Crippen molar-refractivity contribution >= 4 is 119 Å². The third kappa shape index (κ3) is 87.0. The Kier molecular flexibility index (Phi) is 56.2. The standard InChI is InChI=1S/6C9H17NO4.C6H18O24P6/c6*1-7(11)14-8(5-9(12)13)6-10(2,3)4;7-31(8,9)25-1-2(26-32(10,11)12)4(28-34(16,17)18)6(30-36(22,23)24)5(29-35(19,20)21)3(1)27-33(13,14)15/h6*8H,5-6H2,1-4H3;1-6H,(H2,7,8,9)(H2,10,11,12)(H2,13,14,15)(H2,16,17,18)(H2,19,20,21)(H2,22,23,24)/t6*8-;/m000000./s1. The first-order valence-electron chi connectivity index (χ1n) is 34.3. The molecular weight excluding hydrogens is 1760 g/mol. The van der Waals surface area contributed by atoms with Gasteiger partial charge in [-0.15, -0.1) is 0 Å². The number of carboxylic acid groups (broad SMARTS) is 6. The van der Waals surface area contributed by atoms with Crippen molar-refractivity contribution in [2.75, 3.05) is 166 Å². The molecule has 0 aromatic carbocycles. The molecule has 6 unspecified atom stereocenters. The van der Waals surface area contributed by atoms with Crippen LogP contribution in [0.15, 0.2) is 0 Å². The van der Waals surface area contributed by atoms with Gasteiger partial charge in [0.05, 0.1) is 165 Å². The summed E-state index contributed by atoms with van der Waals surface area (Å²) in [7, 11) is -3.63. The molecular formula is C60H120N6O48P6. The number of rotatable bonds is 42. The van der Waals surface area contributed by atoms with Crippen LogP contribution in [0.25, 0.3) is 0 Å². The fourth-order valence-corrected chi connectivity index (χ4v) is 13.2. The topological polar surface area (TPSA) is 799 Å². The first-order chi connectivity index (χ1) is 52.8. The third-order valence-electron chi connectivity index (χ3n) is 12.4. The van der Waals surface area contributed by atoms with Crippen LogP contribution >= 0.6 is 46.9 Å². The number of carboxylic acids is 6. The summed E-state index contributed by atoms with van der Waals surface area (Å²) in [5.41, 5.74) is 0. The van der Waals surface area contributed by atoms with Crippen molar-refractivity contribution in [1.29, 1.82) is 0 Å². The number of phosphoric acid groups is 6. The van der Waals surface area contributed by atoms with Crippen molar-refractivity contribution in [3.63, 3.8) is 0 Å². The van der Waals surface area contributed by atoms with Crippen molar-refractivity contribution in [2.24, 2.45) is 0 Å². The second kappa shape index (κ2) is 54.1. The van der Waals surface area contributed by atoms with Crippen LogP contribution in [0, 0.1) is 0 Å². The molecule has 1 aliphatic carbocycles. The number of carbonyl (C=O) groups excluding carboxylic acids is 6. The van der Waals surface area contributed by atoms with Crippen LogP contribution in [0.1, 0.15) is 80.1 Å². The van der Waals surface area contributed by atoms with E-state index in [1.807, 2.05) is 127 Å². The fourth-order valence-electron chi connectivity index (χ4n) is 9.87. The largest absolute Gasteiger partial charge is 0.756 e. The van der Waals surface area contributed by atoms with Gasteiger partial charge < -0.3 is 172 Å². The lowest BCUT2D eigenvalue weighted by Crippen LogP contribution is -2.67. The van der Waals surface area contributed by atoms with E-state index >= 15 is 0 Å². The van der Waals surface area contributed by atoms with Crippen molar-refractivity contribution in [2.45, 2.75) is 153 Å². The van der Waals surface area contributed by atoms with Crippen LogP contribution in [0.2, 0.25) is 0 Å². The zero-order valence-electron chi connectivity index (χ0n) is 70.8. The van der Waals surface area contributed by atoms with E-state index in [4.69, 9.17) is 88.4 Å². The molecule has 12 N–H and O–H groups in total. The number of carbonyl (C=O) groups is 12. The van der Waals surface area contributed by atoms with E-state index in [1.54, 1.807) is 0 Å². The molecule has 0 amide bonds. The van der Waals surface area contributed by atoms with Gasteiger partial charge in [-0.1, -0.05) is 0 Å². The number of likely N-dealkylation sites (N-methyl/N-ethyl adjacent to an activating group) is 6. The molecule has 1 rings (SSSR count). The maximum atomic E-state index is 11.3. The molecule has 120 heavy (non-hydrogen) atoms. The van der Waals surface area contributed by atoms with Crippen molar-refractivity contribution < 1.29 is 257 Å². The Hall–Kier alpha value is -5.94. The average Bonchev–Trinajstić information content (AvgIpc) is 0.743. The van der Waals surface area contributed by atoms with Gasteiger partial charge in [0.2, 0.25) is 0 Å². The van der Waals surface area contributed by atoms with E-state index in [9.17, 15) is 114 Å². The highest BCUT2D eigenvalue weighted by Crippen LogP contribution is 2.54. The van der Waals surface area contributed by atoms with Crippen LogP contribution in [0.5, 0.6) is 0 Å². The van der Waals surface area contributed by atoms with Gasteiger partial charge in [0.1, 0.15) is 75.9 Å². The van der Waals surface area contributed by atoms with Crippen LogP contribution in [-0.2, 0) is 140 Å². The Bertz CT molecular complexity index is 2870. The Morgan fingerprint density at radius 3 is 0.367 bits per heavy atom. The van der Waals surface area contributed by atoms with Crippen molar-refractivity contribution in [3.8, 4) is 0 Å². The number of quaternary nitrogens is 6. The predicted molar refractivity (Wildman–Crippen MR) is 392 cm³/mol. The first kappa shape index (κ1) is 125. The zero-order valence-corrected chi connectivity index (χ0v) is 76.2. The third-order valence-corrected chi connectivity index (χ3v) is 15.4. The molecule has 54 nitrogen and oxygen atoms in total. The van der Waals surface area contributed by atoms with Gasteiger partial charge in [-0.05, 0) is 0 Å². The van der Waals surface area contributed by atoms with E-state index in [1.165, 1.54) is 41.5 Å². The molecule has 0 bridgehead atoms. The van der Waals surface area contributed by atoms with E-state index in [0.717, 1.165) is 0 Å². The van der Waals surface area contributed by atoms with Crippen molar-refractivity contribution in [3.05, 3.63) is 0 Å². The van der Waals surface area contributed by atoms with Gasteiger partial charge in [-0.2, -0.15) is 0 Å². The fraction of sp³-hybridized carbons (Fsp3) is 0.800. The highest BCUT2D eigenvalue weighted by molar-refractivity contribution is 7.46. The summed E-state index contributed by atoms with van der Waals surface area (Å²) in [6.45, 7) is 10.6. The summed E-state index contributed by atoms with van der Waals surface area (Å²) in [6, 6.07) is 0. The highest BCUT2D eigenvalue weighted by atomic mass is 31.2. The number of nitrogens with zero attached hydrogens (tertiary/aromatic N) is 6. The lowest BCUT2D eigenvalue weighted by atomic mass is 9.85. The maximum Gasteiger partial charge on any atom is 0.307 e. The number of esters is 6. The molecule has 60 heteroatoms. The van der Waals surface area contributed by atoms with Gasteiger partial charge in [0.15, 0.2) is 36.6 Å². The molecule has 1 aliphatic rings. The Morgan fingerprint density at radius 1 is 0.233 bits per heavy atom. The Morgan fingerprint density at radius 2 is 0.317 bits per heavy atom. The number of hydrogen-bond acceptors (Lipinski definition) is 36. The minimum atomic E-state index is -6.35. The predicted octanol–water partition coefficient (Wildman–Crippen LogP) is -6.33. The van der Waals surface area contributed by atoms with Crippen LogP contribution in [0.4, 0.5) is 0 Å². The van der Waals surface area contributed by atoms with Gasteiger partial charge in [0.25, 0.3) is 46.9 Å². The van der Waals surface area contributed by atoms with E-state index in [2.05, 4.69) is 27.1 Å². The van der Waals surface area contributed by atoms with Crippen molar-refractivity contribution in [1.82, 2.24) is 0 Å². The Balaban J connectivity index is -0.000000332. The van der Waals surface area contributed by atoms with Crippen LogP contribution < -0.4 is 29.4 Å². The van der Waals surface area contributed by atoms with E-state index in [0.29, 0.717) is 66.2 Å². The zero-order chi connectivity index (χ0) is 96.8. The summed E-state index contributed by atoms with van der Waals surface area (Å²) in [6.07, 6.45) is -24.3. The summed E-state index contributed by atoms with van der Waals surface area (Å²) < 4.78 is 124. The molecule has 0 aliphatic heterocycles. The normalized spacial score (nSPS) is 20.6. The summed E-state index contributed by atoms with van der Waals surface area (Å²) in [5, 5.41) is 51.6. The monoisotopic (exact) mass is 1880 g/mol. The summed E-state index contributed by atoms with van der Waals surface area (Å²) in [5.74, 6) is -8.36. The molecule has 708 valence electrons. The first-order valence-corrected chi connectivity index (χ1v) is 43.3. The molecule has 0 aromatic rings. The van der Waals surface area contributed by atoms with Gasteiger partial charge in [-0.25, -0.2) is 0 Å². The minimum absolute atomic E-state index is 0.144. The maximum absolute atomic E-state index is 11.3. The smallest absolute Gasteiger partial charge is 0.307 e. The summed E-state index contributed by atoms with van der Waals surface area (Å²) >= 11 is 0. The molecule has 12 atom stereocenters.